The molecule has 5 heteroatoms. The Morgan fingerprint density at radius 3 is 2.72 bits per heavy atom. The molecule has 1 aliphatic rings. The Morgan fingerprint density at radius 1 is 1.36 bits per heavy atom. The summed E-state index contributed by atoms with van der Waals surface area (Å²) in [6.45, 7) is 2.00. The predicted molar refractivity (Wildman–Crippen MR) is 100 cm³/mol. The maximum atomic E-state index is 12.6. The maximum Gasteiger partial charge on any atom is 0.324 e. The van der Waals surface area contributed by atoms with E-state index in [1.165, 1.54) is 0 Å². The van der Waals surface area contributed by atoms with E-state index in [1.807, 2.05) is 24.3 Å². The molecule has 0 saturated carbocycles. The summed E-state index contributed by atoms with van der Waals surface area (Å²) in [6, 6.07) is 15.7. The number of benzene rings is 2. The van der Waals surface area contributed by atoms with Crippen molar-refractivity contribution < 1.29 is 9.53 Å². The summed E-state index contributed by atoms with van der Waals surface area (Å²) in [5, 5.41) is 10.5. The van der Waals surface area contributed by atoms with E-state index in [9.17, 15) is 10.1 Å². The highest BCUT2D eigenvalue weighted by atomic mass is 79.9. The molecule has 0 radical (unpaired) electrons. The average molecular weight is 419 g/mol. The van der Waals surface area contributed by atoms with Crippen molar-refractivity contribution in [3.63, 3.8) is 0 Å². The number of carbonyl (C=O) groups is 1. The fourth-order valence-electron chi connectivity index (χ4n) is 3.77. The van der Waals surface area contributed by atoms with Crippen LogP contribution >= 0.6 is 27.5 Å². The van der Waals surface area contributed by atoms with Crippen molar-refractivity contribution in [1.82, 2.24) is 0 Å². The Bertz CT molecular complexity index is 844. The average Bonchev–Trinajstić information content (AvgIpc) is 2.96. The molecule has 25 heavy (non-hydrogen) atoms. The van der Waals surface area contributed by atoms with Gasteiger partial charge in [0, 0.05) is 14.9 Å². The van der Waals surface area contributed by atoms with Gasteiger partial charge in [0.2, 0.25) is 0 Å². The number of ether oxygens (including phenoxy) is 1. The minimum Gasteiger partial charge on any atom is -0.465 e. The van der Waals surface area contributed by atoms with Gasteiger partial charge >= 0.3 is 5.97 Å². The van der Waals surface area contributed by atoms with E-state index in [0.29, 0.717) is 11.4 Å². The van der Waals surface area contributed by atoms with Crippen molar-refractivity contribution in [2.75, 3.05) is 6.61 Å². The van der Waals surface area contributed by atoms with Crippen LogP contribution in [0.2, 0.25) is 5.02 Å². The minimum absolute atomic E-state index is 0.251. The van der Waals surface area contributed by atoms with Crippen LogP contribution in [0.4, 0.5) is 0 Å². The highest BCUT2D eigenvalue weighted by molar-refractivity contribution is 9.10. The predicted octanol–water partition coefficient (Wildman–Crippen LogP) is 5.04. The molecule has 0 saturated heterocycles. The third-order valence-electron chi connectivity index (χ3n) is 4.84. The Morgan fingerprint density at radius 2 is 2.08 bits per heavy atom. The number of carbonyl (C=O) groups excluding carboxylic acids is 1. The normalized spacial score (nSPS) is 19.8. The fourth-order valence-corrected chi connectivity index (χ4v) is 4.31. The van der Waals surface area contributed by atoms with Gasteiger partial charge in [-0.1, -0.05) is 45.7 Å². The van der Waals surface area contributed by atoms with E-state index in [-0.39, 0.29) is 6.61 Å². The summed E-state index contributed by atoms with van der Waals surface area (Å²) in [4.78, 5) is 12.6. The molecule has 2 aromatic carbocycles. The maximum absolute atomic E-state index is 12.6. The van der Waals surface area contributed by atoms with E-state index in [2.05, 4.69) is 28.1 Å². The molecule has 3 rings (SSSR count). The van der Waals surface area contributed by atoms with Crippen LogP contribution in [0.15, 0.2) is 46.9 Å². The van der Waals surface area contributed by atoms with Gasteiger partial charge in [-0.3, -0.25) is 4.79 Å². The van der Waals surface area contributed by atoms with Crippen molar-refractivity contribution in [2.24, 2.45) is 5.92 Å². The van der Waals surface area contributed by atoms with Gasteiger partial charge in [-0.25, -0.2) is 0 Å². The second-order valence-electron chi connectivity index (χ2n) is 6.09. The number of nitriles is 1. The van der Waals surface area contributed by atoms with Gasteiger partial charge in [0.25, 0.3) is 0 Å². The first-order valence-electron chi connectivity index (χ1n) is 8.14. The van der Waals surface area contributed by atoms with Crippen LogP contribution in [0.5, 0.6) is 0 Å². The summed E-state index contributed by atoms with van der Waals surface area (Å²) >= 11 is 9.55. The van der Waals surface area contributed by atoms with Gasteiger partial charge in [0.05, 0.1) is 12.7 Å². The standard InChI is InChI=1S/C20H17BrClNO2/c1-2-25-19(24)18(12-23)20(14-3-6-16(22)7-4-14)10-9-13-11-15(21)5-8-17(13)20/h3-8,11,18H,2,9-10H2,1H3. The van der Waals surface area contributed by atoms with Crippen LogP contribution < -0.4 is 0 Å². The molecule has 2 aromatic rings. The molecule has 0 aromatic heterocycles. The van der Waals surface area contributed by atoms with E-state index in [4.69, 9.17) is 16.3 Å². The highest BCUT2D eigenvalue weighted by Gasteiger charge is 2.50. The SMILES string of the molecule is CCOC(=O)C(C#N)C1(c2ccc(Cl)cc2)CCc2cc(Br)ccc21. The lowest BCUT2D eigenvalue weighted by molar-refractivity contribution is -0.147. The van der Waals surface area contributed by atoms with Crippen LogP contribution in [0.1, 0.15) is 30.0 Å². The Labute approximate surface area is 160 Å². The Hall–Kier alpha value is -1.83. The summed E-state index contributed by atoms with van der Waals surface area (Å²) in [5.41, 5.74) is 2.35. The van der Waals surface area contributed by atoms with Crippen molar-refractivity contribution in [3.05, 3.63) is 68.7 Å². The topological polar surface area (TPSA) is 50.1 Å². The van der Waals surface area contributed by atoms with E-state index < -0.39 is 17.3 Å². The monoisotopic (exact) mass is 417 g/mol. The number of halogens is 2. The number of fused-ring (bicyclic) bond motifs is 1. The number of rotatable bonds is 4. The Kier molecular flexibility index (Phi) is 5.17. The molecule has 0 bridgehead atoms. The van der Waals surface area contributed by atoms with Crippen molar-refractivity contribution in [3.8, 4) is 6.07 Å². The molecule has 0 spiro atoms. The zero-order valence-corrected chi connectivity index (χ0v) is 16.1. The van der Waals surface area contributed by atoms with Crippen LogP contribution in [0, 0.1) is 17.2 Å². The van der Waals surface area contributed by atoms with E-state index in [0.717, 1.165) is 27.6 Å². The number of esters is 1. The zero-order chi connectivity index (χ0) is 18.0. The van der Waals surface area contributed by atoms with Gasteiger partial charge in [0.15, 0.2) is 5.92 Å². The minimum atomic E-state index is -0.906. The van der Waals surface area contributed by atoms with Crippen LogP contribution in [0.3, 0.4) is 0 Å². The quantitative estimate of drug-likeness (QED) is 0.654. The Balaban J connectivity index is 2.23. The summed E-state index contributed by atoms with van der Waals surface area (Å²) in [5.74, 6) is -1.38. The number of hydrogen-bond donors (Lipinski definition) is 0. The molecule has 128 valence electrons. The van der Waals surface area contributed by atoms with Crippen molar-refractivity contribution in [1.29, 1.82) is 5.26 Å². The molecule has 2 unspecified atom stereocenters. The molecule has 2 atom stereocenters. The van der Waals surface area contributed by atoms with Crippen LogP contribution in [-0.4, -0.2) is 12.6 Å². The summed E-state index contributed by atoms with van der Waals surface area (Å²) in [7, 11) is 0. The molecule has 0 fully saturated rings. The van der Waals surface area contributed by atoms with Crippen LogP contribution in [0.25, 0.3) is 0 Å². The molecule has 0 amide bonds. The largest absolute Gasteiger partial charge is 0.465 e. The summed E-state index contributed by atoms with van der Waals surface area (Å²) in [6.07, 6.45) is 1.48. The van der Waals surface area contributed by atoms with E-state index in [1.54, 1.807) is 19.1 Å². The van der Waals surface area contributed by atoms with Gasteiger partial charge in [-0.2, -0.15) is 5.26 Å². The first-order valence-corrected chi connectivity index (χ1v) is 9.31. The van der Waals surface area contributed by atoms with Gasteiger partial charge < -0.3 is 4.74 Å². The zero-order valence-electron chi connectivity index (χ0n) is 13.8. The van der Waals surface area contributed by atoms with E-state index >= 15 is 0 Å². The molecule has 0 heterocycles. The lowest BCUT2D eigenvalue weighted by atomic mass is 9.67. The van der Waals surface area contributed by atoms with Gasteiger partial charge in [-0.05, 0) is 60.7 Å². The fraction of sp³-hybridized carbons (Fsp3) is 0.300. The van der Waals surface area contributed by atoms with Crippen molar-refractivity contribution in [2.45, 2.75) is 25.2 Å². The highest BCUT2D eigenvalue weighted by Crippen LogP contribution is 2.50. The van der Waals surface area contributed by atoms with Gasteiger partial charge in [-0.15, -0.1) is 0 Å². The molecule has 3 nitrogen and oxygen atoms in total. The molecular formula is C20H17BrClNO2. The van der Waals surface area contributed by atoms with Crippen LogP contribution in [-0.2, 0) is 21.4 Å². The van der Waals surface area contributed by atoms with Crippen molar-refractivity contribution >= 4 is 33.5 Å². The number of nitrogens with zero attached hydrogens (tertiary/aromatic N) is 1. The second-order valence-corrected chi connectivity index (χ2v) is 7.45. The first-order chi connectivity index (χ1) is 12.0. The smallest absolute Gasteiger partial charge is 0.324 e. The number of hydrogen-bond acceptors (Lipinski definition) is 3. The lowest BCUT2D eigenvalue weighted by Gasteiger charge is -2.34. The third-order valence-corrected chi connectivity index (χ3v) is 5.59. The first kappa shape index (κ1) is 18.0. The number of aryl methyl sites for hydroxylation is 1. The summed E-state index contributed by atoms with van der Waals surface area (Å²) < 4.78 is 6.21. The molecule has 0 aliphatic heterocycles. The molecular weight excluding hydrogens is 402 g/mol. The molecule has 0 N–H and O–H groups in total. The third kappa shape index (κ3) is 3.07. The lowest BCUT2D eigenvalue weighted by Crippen LogP contribution is -2.39. The second kappa shape index (κ2) is 7.19. The molecule has 1 aliphatic carbocycles. The van der Waals surface area contributed by atoms with Gasteiger partial charge in [0.1, 0.15) is 0 Å².